The molecule has 108 valence electrons. The van der Waals surface area contributed by atoms with Crippen molar-refractivity contribution in [3.63, 3.8) is 0 Å². The Labute approximate surface area is 121 Å². The van der Waals surface area contributed by atoms with E-state index in [0.717, 1.165) is 13.0 Å². The number of nitrogens with zero attached hydrogens (tertiary/aromatic N) is 1. The van der Waals surface area contributed by atoms with E-state index < -0.39 is 35.2 Å². The third-order valence-electron chi connectivity index (χ3n) is 2.69. The smallest absolute Gasteiger partial charge is 0.380 e. The number of carbonyl (C=O) groups is 1. The average molecular weight is 351 g/mol. The fourth-order valence-corrected chi connectivity index (χ4v) is 2.29. The molecule has 0 saturated heterocycles. The lowest BCUT2D eigenvalue weighted by Crippen LogP contribution is -2.42. The molecule has 0 aliphatic rings. The molecule has 0 aliphatic heterocycles. The number of halogens is 4. The summed E-state index contributed by atoms with van der Waals surface area (Å²) < 4.78 is 38.4. The molecule has 1 aromatic rings. The predicted octanol–water partition coefficient (Wildman–Crippen LogP) is 2.12. The van der Waals surface area contributed by atoms with Gasteiger partial charge in [0, 0.05) is 10.9 Å². The number of alkyl halides is 3. The Kier molecular flexibility index (Phi) is 4.46. The molecular weight excluding hydrogens is 341 g/mol. The number of hydrogen-bond donors (Lipinski definition) is 2. The quantitative estimate of drug-likeness (QED) is 0.875. The summed E-state index contributed by atoms with van der Waals surface area (Å²) in [6.07, 6.45) is -5.14. The summed E-state index contributed by atoms with van der Waals surface area (Å²) in [5, 5.41) is 18.5. The third-order valence-corrected chi connectivity index (χ3v) is 3.60. The van der Waals surface area contributed by atoms with Crippen LogP contribution < -0.4 is 5.73 Å². The molecule has 0 radical (unpaired) electrons. The molecule has 0 bridgehead atoms. The summed E-state index contributed by atoms with van der Waals surface area (Å²) in [5.74, 6) is -1.05. The Balaban J connectivity index is 3.41. The molecule has 0 heterocycles. The molecule has 8 heteroatoms. The van der Waals surface area contributed by atoms with Crippen LogP contribution in [0.5, 0.6) is 0 Å². The fourth-order valence-electron chi connectivity index (χ4n) is 1.58. The number of nitrogens with two attached hydrogens (primary N) is 1. The normalized spacial score (nSPS) is 14.4. The maximum absolute atomic E-state index is 12.9. The van der Waals surface area contributed by atoms with E-state index in [1.807, 2.05) is 0 Å². The SMILES string of the molecule is C[C@@](O)(Cc1ccc(C#N)c(C(F)(F)F)c1Br)C(N)=O. The maximum atomic E-state index is 12.9. The molecule has 1 atom stereocenters. The first-order valence-corrected chi connectivity index (χ1v) is 6.11. The highest BCUT2D eigenvalue weighted by Crippen LogP contribution is 2.39. The van der Waals surface area contributed by atoms with Gasteiger partial charge in [0.25, 0.3) is 0 Å². The highest BCUT2D eigenvalue weighted by Gasteiger charge is 2.38. The molecule has 0 fully saturated rings. The fraction of sp³-hybridized carbons (Fsp3) is 0.333. The van der Waals surface area contributed by atoms with Crippen LogP contribution in [0, 0.1) is 11.3 Å². The van der Waals surface area contributed by atoms with Gasteiger partial charge in [-0.1, -0.05) is 6.07 Å². The zero-order chi connectivity index (χ0) is 15.7. The molecule has 1 amide bonds. The Morgan fingerprint density at radius 1 is 1.50 bits per heavy atom. The summed E-state index contributed by atoms with van der Waals surface area (Å²) in [6, 6.07) is 3.67. The van der Waals surface area contributed by atoms with Crippen molar-refractivity contribution >= 4 is 21.8 Å². The van der Waals surface area contributed by atoms with Crippen LogP contribution in [0.4, 0.5) is 13.2 Å². The van der Waals surface area contributed by atoms with E-state index in [2.05, 4.69) is 15.9 Å². The average Bonchev–Trinajstić information content (AvgIpc) is 2.29. The van der Waals surface area contributed by atoms with E-state index in [0.29, 0.717) is 0 Å². The highest BCUT2D eigenvalue weighted by atomic mass is 79.9. The van der Waals surface area contributed by atoms with Crippen molar-refractivity contribution in [1.29, 1.82) is 5.26 Å². The van der Waals surface area contributed by atoms with Gasteiger partial charge < -0.3 is 10.8 Å². The van der Waals surface area contributed by atoms with Crippen LogP contribution in [0.15, 0.2) is 16.6 Å². The second-order valence-corrected chi connectivity index (χ2v) is 5.18. The van der Waals surface area contributed by atoms with Crippen LogP contribution in [0.2, 0.25) is 0 Å². The van der Waals surface area contributed by atoms with E-state index in [4.69, 9.17) is 11.0 Å². The highest BCUT2D eigenvalue weighted by molar-refractivity contribution is 9.10. The summed E-state index contributed by atoms with van der Waals surface area (Å²) in [7, 11) is 0. The molecule has 1 rings (SSSR count). The molecule has 1 aromatic carbocycles. The monoisotopic (exact) mass is 350 g/mol. The van der Waals surface area contributed by atoms with E-state index in [1.165, 1.54) is 12.1 Å². The number of carbonyl (C=O) groups excluding carboxylic acids is 1. The summed E-state index contributed by atoms with van der Waals surface area (Å²) in [5.41, 5.74) is 1.32. The first-order chi connectivity index (χ1) is 9.00. The molecule has 0 unspecified atom stereocenters. The number of rotatable bonds is 3. The van der Waals surface area contributed by atoms with Crippen molar-refractivity contribution in [2.24, 2.45) is 5.73 Å². The Hall–Kier alpha value is -1.59. The first kappa shape index (κ1) is 16.5. The summed E-state index contributed by atoms with van der Waals surface area (Å²) in [6.45, 7) is 1.10. The van der Waals surface area contributed by atoms with Gasteiger partial charge in [-0.15, -0.1) is 0 Å². The van der Waals surface area contributed by atoms with Crippen molar-refractivity contribution in [2.75, 3.05) is 0 Å². The van der Waals surface area contributed by atoms with Crippen molar-refractivity contribution < 1.29 is 23.1 Å². The van der Waals surface area contributed by atoms with Crippen molar-refractivity contribution in [3.8, 4) is 6.07 Å². The van der Waals surface area contributed by atoms with Crippen molar-refractivity contribution in [1.82, 2.24) is 0 Å². The van der Waals surface area contributed by atoms with Gasteiger partial charge in [0.15, 0.2) is 0 Å². The van der Waals surface area contributed by atoms with E-state index in [1.54, 1.807) is 0 Å². The van der Waals surface area contributed by atoms with Gasteiger partial charge in [0.05, 0.1) is 17.2 Å². The zero-order valence-electron chi connectivity index (χ0n) is 10.3. The summed E-state index contributed by atoms with van der Waals surface area (Å²) >= 11 is 2.78. The second-order valence-electron chi connectivity index (χ2n) is 4.39. The summed E-state index contributed by atoms with van der Waals surface area (Å²) in [4.78, 5) is 11.0. The molecule has 20 heavy (non-hydrogen) atoms. The van der Waals surface area contributed by atoms with Gasteiger partial charge in [-0.25, -0.2) is 0 Å². The maximum Gasteiger partial charge on any atom is 0.418 e. The van der Waals surface area contributed by atoms with Crippen LogP contribution in [0.3, 0.4) is 0 Å². The van der Waals surface area contributed by atoms with Crippen LogP contribution in [-0.4, -0.2) is 16.6 Å². The van der Waals surface area contributed by atoms with Gasteiger partial charge in [0.2, 0.25) is 5.91 Å². The minimum absolute atomic E-state index is 0.0279. The predicted molar refractivity (Wildman–Crippen MR) is 67.4 cm³/mol. The van der Waals surface area contributed by atoms with E-state index in [9.17, 15) is 23.1 Å². The molecule has 0 spiro atoms. The van der Waals surface area contributed by atoms with Crippen molar-refractivity contribution in [2.45, 2.75) is 25.1 Å². The second kappa shape index (κ2) is 5.42. The topological polar surface area (TPSA) is 87.1 Å². The largest absolute Gasteiger partial charge is 0.418 e. The number of primary amides is 1. The number of benzene rings is 1. The third kappa shape index (κ3) is 3.29. The first-order valence-electron chi connectivity index (χ1n) is 5.31. The standard InChI is InChI=1S/C12H10BrF3N2O2/c1-11(20,10(18)19)4-6-2-3-7(5-17)8(9(6)13)12(14,15)16/h2-3,20H,4H2,1H3,(H2,18,19)/t11-/m1/s1. The lowest BCUT2D eigenvalue weighted by atomic mass is 9.93. The molecule has 3 N–H and O–H groups in total. The molecule has 0 aliphatic carbocycles. The van der Waals surface area contributed by atoms with Crippen LogP contribution in [0.1, 0.15) is 23.6 Å². The molecule has 0 aromatic heterocycles. The Morgan fingerprint density at radius 2 is 2.05 bits per heavy atom. The lowest BCUT2D eigenvalue weighted by molar-refractivity contribution is -0.138. The zero-order valence-corrected chi connectivity index (χ0v) is 11.8. The van der Waals surface area contributed by atoms with Gasteiger partial charge >= 0.3 is 6.18 Å². The van der Waals surface area contributed by atoms with Gasteiger partial charge in [-0.05, 0) is 34.5 Å². The van der Waals surface area contributed by atoms with Gasteiger partial charge in [-0.3, -0.25) is 4.79 Å². The lowest BCUT2D eigenvalue weighted by Gasteiger charge is -2.21. The van der Waals surface area contributed by atoms with Crippen LogP contribution in [-0.2, 0) is 17.4 Å². The van der Waals surface area contributed by atoms with Crippen LogP contribution >= 0.6 is 15.9 Å². The number of nitriles is 1. The Morgan fingerprint density at radius 3 is 2.45 bits per heavy atom. The number of hydrogen-bond acceptors (Lipinski definition) is 3. The van der Waals surface area contributed by atoms with Crippen molar-refractivity contribution in [3.05, 3.63) is 33.3 Å². The number of amides is 1. The van der Waals surface area contributed by atoms with Gasteiger partial charge in [-0.2, -0.15) is 18.4 Å². The molecule has 4 nitrogen and oxygen atoms in total. The van der Waals surface area contributed by atoms with Gasteiger partial charge in [0.1, 0.15) is 5.60 Å². The number of aliphatic hydroxyl groups is 1. The molecule has 0 saturated carbocycles. The molecular formula is C12H10BrF3N2O2. The minimum Gasteiger partial charge on any atom is -0.380 e. The Bertz CT molecular complexity index is 592. The minimum atomic E-state index is -4.74. The van der Waals surface area contributed by atoms with E-state index >= 15 is 0 Å². The van der Waals surface area contributed by atoms with E-state index in [-0.39, 0.29) is 10.0 Å². The van der Waals surface area contributed by atoms with Crippen LogP contribution in [0.25, 0.3) is 0 Å².